The molecular weight excluding hydrogens is 364 g/mol. The average Bonchev–Trinajstić information content (AvgIpc) is 3.38. The molecule has 30 heavy (non-hydrogen) atoms. The lowest BCUT2D eigenvalue weighted by molar-refractivity contribution is 0.272. The fourth-order valence-corrected chi connectivity index (χ4v) is 5.97. The van der Waals surface area contributed by atoms with Gasteiger partial charge in [-0.05, 0) is 73.8 Å². The van der Waals surface area contributed by atoms with Gasteiger partial charge >= 0.3 is 0 Å². The molecule has 5 rings (SSSR count). The summed E-state index contributed by atoms with van der Waals surface area (Å²) in [7, 11) is 0. The number of hydrogen-bond acceptors (Lipinski definition) is 2. The quantitative estimate of drug-likeness (QED) is 0.619. The summed E-state index contributed by atoms with van der Waals surface area (Å²) in [5, 5.41) is 0. The topological polar surface area (TPSA) is 6.48 Å². The van der Waals surface area contributed by atoms with Crippen molar-refractivity contribution in [2.24, 2.45) is 11.8 Å². The van der Waals surface area contributed by atoms with Crippen LogP contribution in [0.2, 0.25) is 0 Å². The summed E-state index contributed by atoms with van der Waals surface area (Å²) >= 11 is 0. The van der Waals surface area contributed by atoms with Gasteiger partial charge in [0.05, 0.1) is 0 Å². The van der Waals surface area contributed by atoms with E-state index in [4.69, 9.17) is 0 Å². The van der Waals surface area contributed by atoms with Gasteiger partial charge in [-0.25, -0.2) is 0 Å². The van der Waals surface area contributed by atoms with Crippen molar-refractivity contribution in [3.05, 3.63) is 77.4 Å². The predicted octanol–water partition coefficient (Wildman–Crippen LogP) is 5.64. The molecule has 0 N–H and O–H groups in total. The van der Waals surface area contributed by atoms with Gasteiger partial charge in [0, 0.05) is 38.1 Å². The van der Waals surface area contributed by atoms with E-state index >= 15 is 0 Å². The highest BCUT2D eigenvalue weighted by Gasteiger charge is 2.36. The Morgan fingerprint density at radius 2 is 1.73 bits per heavy atom. The normalized spacial score (nSPS) is 27.2. The summed E-state index contributed by atoms with van der Waals surface area (Å²) in [5.74, 6) is 1.53. The predicted molar refractivity (Wildman–Crippen MR) is 126 cm³/mol. The van der Waals surface area contributed by atoms with Crippen molar-refractivity contribution in [3.8, 4) is 0 Å². The van der Waals surface area contributed by atoms with Crippen LogP contribution in [0.5, 0.6) is 0 Å². The van der Waals surface area contributed by atoms with E-state index < -0.39 is 0 Å². The van der Waals surface area contributed by atoms with Crippen LogP contribution in [-0.2, 0) is 13.0 Å². The first-order valence-electron chi connectivity index (χ1n) is 12.1. The first-order chi connectivity index (χ1) is 14.8. The van der Waals surface area contributed by atoms with Crippen LogP contribution in [-0.4, -0.2) is 42.0 Å². The van der Waals surface area contributed by atoms with Crippen molar-refractivity contribution in [1.82, 2.24) is 9.80 Å². The molecule has 2 aromatic carbocycles. The molecule has 0 amide bonds. The molecule has 0 aromatic heterocycles. The highest BCUT2D eigenvalue weighted by atomic mass is 15.2. The number of hydrogen-bond donors (Lipinski definition) is 0. The van der Waals surface area contributed by atoms with E-state index in [1.165, 1.54) is 75.0 Å². The third-order valence-corrected chi connectivity index (χ3v) is 7.73. The number of fused-ring (bicyclic) bond motifs is 1. The Morgan fingerprint density at radius 1 is 0.900 bits per heavy atom. The standard InChI is InChI=1S/C28H36N2/c1-22-7-6-17-30(22)18-16-23-12-14-25(15-13-23)27-11-5-10-26-20-29(21-28(26)27)19-24-8-3-2-4-9-24/h2-4,8-9,11-15,22,26,28H,5-7,10,16-21H2,1H3. The largest absolute Gasteiger partial charge is 0.300 e. The lowest BCUT2D eigenvalue weighted by Gasteiger charge is -2.26. The van der Waals surface area contributed by atoms with Gasteiger partial charge < -0.3 is 4.90 Å². The lowest BCUT2D eigenvalue weighted by Crippen LogP contribution is -2.28. The molecule has 0 spiro atoms. The number of nitrogens with zero attached hydrogens (tertiary/aromatic N) is 2. The molecular formula is C28H36N2. The molecule has 2 nitrogen and oxygen atoms in total. The fraction of sp³-hybridized carbons (Fsp3) is 0.500. The van der Waals surface area contributed by atoms with Gasteiger partial charge in [-0.3, -0.25) is 4.90 Å². The summed E-state index contributed by atoms with van der Waals surface area (Å²) in [6, 6.07) is 21.3. The lowest BCUT2D eigenvalue weighted by atomic mass is 9.78. The first kappa shape index (κ1) is 20.0. The zero-order valence-electron chi connectivity index (χ0n) is 18.5. The van der Waals surface area contributed by atoms with E-state index in [-0.39, 0.29) is 0 Å². The molecule has 3 atom stereocenters. The summed E-state index contributed by atoms with van der Waals surface area (Å²) in [4.78, 5) is 5.33. The average molecular weight is 401 g/mol. The molecule has 2 aliphatic heterocycles. The SMILES string of the molecule is CC1CCCN1CCc1ccc(C2=CCCC3CN(Cc4ccccc4)CC23)cc1. The maximum absolute atomic E-state index is 2.68. The van der Waals surface area contributed by atoms with Crippen LogP contribution in [0.25, 0.3) is 5.57 Å². The first-order valence-corrected chi connectivity index (χ1v) is 12.1. The van der Waals surface area contributed by atoms with Gasteiger partial charge in [-0.15, -0.1) is 0 Å². The highest BCUT2D eigenvalue weighted by Crippen LogP contribution is 2.41. The maximum atomic E-state index is 2.68. The van der Waals surface area contributed by atoms with E-state index in [0.29, 0.717) is 5.92 Å². The molecule has 2 saturated heterocycles. The van der Waals surface area contributed by atoms with Crippen molar-refractivity contribution >= 4 is 5.57 Å². The number of rotatable bonds is 6. The molecule has 2 heteroatoms. The van der Waals surface area contributed by atoms with Crippen molar-refractivity contribution in [1.29, 1.82) is 0 Å². The molecule has 2 aromatic rings. The second kappa shape index (κ2) is 9.08. The smallest absolute Gasteiger partial charge is 0.0234 e. The van der Waals surface area contributed by atoms with Gasteiger partial charge in [-0.2, -0.15) is 0 Å². The fourth-order valence-electron chi connectivity index (χ4n) is 5.97. The van der Waals surface area contributed by atoms with Gasteiger partial charge in [0.25, 0.3) is 0 Å². The number of benzene rings is 2. The van der Waals surface area contributed by atoms with E-state index in [0.717, 1.165) is 18.5 Å². The van der Waals surface area contributed by atoms with Crippen molar-refractivity contribution in [3.63, 3.8) is 0 Å². The zero-order valence-corrected chi connectivity index (χ0v) is 18.5. The molecule has 0 saturated carbocycles. The van der Waals surface area contributed by atoms with Crippen LogP contribution in [0.4, 0.5) is 0 Å². The molecule has 158 valence electrons. The molecule has 2 fully saturated rings. The second-order valence-electron chi connectivity index (χ2n) is 9.76. The maximum Gasteiger partial charge on any atom is 0.0234 e. The monoisotopic (exact) mass is 400 g/mol. The van der Waals surface area contributed by atoms with Crippen LogP contribution in [0.3, 0.4) is 0 Å². The Bertz CT molecular complexity index is 854. The highest BCUT2D eigenvalue weighted by molar-refractivity contribution is 5.69. The Hall–Kier alpha value is -1.90. The van der Waals surface area contributed by atoms with Gasteiger partial charge in [0.2, 0.25) is 0 Å². The van der Waals surface area contributed by atoms with Crippen LogP contribution in [0.1, 0.15) is 49.3 Å². The molecule has 3 aliphatic rings. The van der Waals surface area contributed by atoms with Gasteiger partial charge in [0.15, 0.2) is 0 Å². The van der Waals surface area contributed by atoms with Gasteiger partial charge in [-0.1, -0.05) is 60.7 Å². The Balaban J connectivity index is 1.22. The van der Waals surface area contributed by atoms with Crippen LogP contribution in [0, 0.1) is 11.8 Å². The second-order valence-corrected chi connectivity index (χ2v) is 9.76. The van der Waals surface area contributed by atoms with E-state index in [9.17, 15) is 0 Å². The minimum atomic E-state index is 0.707. The molecule has 0 radical (unpaired) electrons. The van der Waals surface area contributed by atoms with Gasteiger partial charge in [0.1, 0.15) is 0 Å². The van der Waals surface area contributed by atoms with E-state index in [1.54, 1.807) is 5.57 Å². The molecule has 2 heterocycles. The van der Waals surface area contributed by atoms with Crippen molar-refractivity contribution in [2.75, 3.05) is 26.2 Å². The Morgan fingerprint density at radius 3 is 2.50 bits per heavy atom. The number of allylic oxidation sites excluding steroid dienone is 1. The summed E-state index contributed by atoms with van der Waals surface area (Å²) < 4.78 is 0. The van der Waals surface area contributed by atoms with E-state index in [1.807, 2.05) is 0 Å². The minimum Gasteiger partial charge on any atom is -0.300 e. The molecule has 1 aliphatic carbocycles. The summed E-state index contributed by atoms with van der Waals surface area (Å²) in [6.07, 6.45) is 9.06. The molecule has 3 unspecified atom stereocenters. The third-order valence-electron chi connectivity index (χ3n) is 7.73. The third kappa shape index (κ3) is 4.40. The van der Waals surface area contributed by atoms with Crippen molar-refractivity contribution < 1.29 is 0 Å². The minimum absolute atomic E-state index is 0.707. The van der Waals surface area contributed by atoms with E-state index in [2.05, 4.69) is 77.4 Å². The van der Waals surface area contributed by atoms with Crippen molar-refractivity contribution in [2.45, 2.75) is 51.6 Å². The van der Waals surface area contributed by atoms with Crippen LogP contribution >= 0.6 is 0 Å². The summed E-state index contributed by atoms with van der Waals surface area (Å²) in [5.41, 5.74) is 6.01. The Kier molecular flexibility index (Phi) is 6.06. The Labute approximate surface area is 182 Å². The number of likely N-dealkylation sites (tertiary alicyclic amines) is 2. The zero-order chi connectivity index (χ0) is 20.3. The van der Waals surface area contributed by atoms with Crippen LogP contribution < -0.4 is 0 Å². The molecule has 0 bridgehead atoms. The summed E-state index contributed by atoms with van der Waals surface area (Å²) in [6.45, 7) is 8.43. The van der Waals surface area contributed by atoms with Crippen LogP contribution in [0.15, 0.2) is 60.7 Å².